The van der Waals surface area contributed by atoms with Crippen molar-refractivity contribution in [3.63, 3.8) is 0 Å². The van der Waals surface area contributed by atoms with Gasteiger partial charge in [0.15, 0.2) is 0 Å². The number of nitrogens with one attached hydrogen (secondary N) is 1. The van der Waals surface area contributed by atoms with E-state index in [0.717, 1.165) is 37.2 Å². The minimum atomic E-state index is 0.166. The van der Waals surface area contributed by atoms with Gasteiger partial charge >= 0.3 is 0 Å². The number of amides is 1. The molecule has 0 spiro atoms. The summed E-state index contributed by atoms with van der Waals surface area (Å²) in [5, 5.41) is 3.40. The van der Waals surface area contributed by atoms with Crippen LogP contribution in [-0.2, 0) is 11.3 Å². The highest BCUT2D eigenvalue weighted by molar-refractivity contribution is 5.79. The molecule has 1 heterocycles. The van der Waals surface area contributed by atoms with Crippen molar-refractivity contribution in [1.29, 1.82) is 0 Å². The highest BCUT2D eigenvalue weighted by atomic mass is 16.5. The molecule has 1 N–H and O–H groups in total. The summed E-state index contributed by atoms with van der Waals surface area (Å²) in [5.74, 6) is 1.31. The molecule has 1 aliphatic heterocycles. The van der Waals surface area contributed by atoms with Crippen LogP contribution in [0, 0.1) is 5.92 Å². The van der Waals surface area contributed by atoms with Crippen LogP contribution in [0.2, 0.25) is 0 Å². The molecule has 0 aromatic heterocycles. The van der Waals surface area contributed by atoms with E-state index in [1.807, 2.05) is 36.1 Å². The van der Waals surface area contributed by atoms with Crippen LogP contribution in [0.15, 0.2) is 24.3 Å². The van der Waals surface area contributed by atoms with E-state index >= 15 is 0 Å². The molecule has 0 radical (unpaired) electrons. The van der Waals surface area contributed by atoms with Gasteiger partial charge < -0.3 is 15.0 Å². The number of carbonyl (C=O) groups is 1. The van der Waals surface area contributed by atoms with Crippen LogP contribution in [0.1, 0.15) is 32.3 Å². The number of carbonyl (C=O) groups excluding carboxylic acids is 1. The summed E-state index contributed by atoms with van der Waals surface area (Å²) in [6, 6.07) is 8.38. The lowest BCUT2D eigenvalue weighted by atomic mass is 9.92. The van der Waals surface area contributed by atoms with E-state index in [4.69, 9.17) is 4.74 Å². The Morgan fingerprint density at radius 3 is 2.67 bits per heavy atom. The van der Waals surface area contributed by atoms with Crippen molar-refractivity contribution in [2.75, 3.05) is 20.2 Å². The molecule has 1 saturated heterocycles. The van der Waals surface area contributed by atoms with Crippen LogP contribution in [0.5, 0.6) is 5.75 Å². The lowest BCUT2D eigenvalue weighted by molar-refractivity contribution is -0.137. The zero-order valence-electron chi connectivity index (χ0n) is 13.3. The molecule has 1 aliphatic rings. The number of ether oxygens (including phenoxy) is 1. The molecule has 1 fully saturated rings. The van der Waals surface area contributed by atoms with Crippen molar-refractivity contribution in [3.8, 4) is 5.75 Å². The average Bonchev–Trinajstić information content (AvgIpc) is 2.52. The van der Waals surface area contributed by atoms with Crippen LogP contribution >= 0.6 is 0 Å². The smallest absolute Gasteiger partial charge is 0.226 e. The topological polar surface area (TPSA) is 41.6 Å². The second kappa shape index (κ2) is 7.46. The van der Waals surface area contributed by atoms with Crippen LogP contribution in [0.25, 0.3) is 0 Å². The fraction of sp³-hybridized carbons (Fsp3) is 0.588. The SMILES string of the molecule is CCN(Cc1ccc(OC)cc1)C(=O)[C@H]1CCN[C@@H](C)C1. The van der Waals surface area contributed by atoms with Gasteiger partial charge in [-0.05, 0) is 50.9 Å². The van der Waals surface area contributed by atoms with E-state index in [0.29, 0.717) is 18.5 Å². The van der Waals surface area contributed by atoms with Crippen molar-refractivity contribution >= 4 is 5.91 Å². The van der Waals surface area contributed by atoms with Crippen LogP contribution in [-0.4, -0.2) is 37.0 Å². The number of nitrogens with zero attached hydrogens (tertiary/aromatic N) is 1. The van der Waals surface area contributed by atoms with Gasteiger partial charge in [-0.3, -0.25) is 4.79 Å². The largest absolute Gasteiger partial charge is 0.497 e. The molecule has 2 atom stereocenters. The highest BCUT2D eigenvalue weighted by Gasteiger charge is 2.27. The van der Waals surface area contributed by atoms with Gasteiger partial charge in [0, 0.05) is 25.0 Å². The second-order valence-corrected chi connectivity index (χ2v) is 5.78. The van der Waals surface area contributed by atoms with Crippen LogP contribution in [0.3, 0.4) is 0 Å². The van der Waals surface area contributed by atoms with E-state index in [-0.39, 0.29) is 5.92 Å². The zero-order chi connectivity index (χ0) is 15.2. The van der Waals surface area contributed by atoms with E-state index in [9.17, 15) is 4.79 Å². The van der Waals surface area contributed by atoms with Crippen molar-refractivity contribution in [3.05, 3.63) is 29.8 Å². The standard InChI is InChI=1S/C17H26N2O2/c1-4-19(12-14-5-7-16(21-3)8-6-14)17(20)15-9-10-18-13(2)11-15/h5-8,13,15,18H,4,9-12H2,1-3H3/t13-,15-/m0/s1. The summed E-state index contributed by atoms with van der Waals surface area (Å²) in [4.78, 5) is 14.6. The molecule has 21 heavy (non-hydrogen) atoms. The van der Waals surface area contributed by atoms with Crippen molar-refractivity contribution < 1.29 is 9.53 Å². The maximum atomic E-state index is 12.7. The Labute approximate surface area is 127 Å². The molecule has 0 bridgehead atoms. The van der Waals surface area contributed by atoms with Gasteiger partial charge in [0.1, 0.15) is 5.75 Å². The van der Waals surface area contributed by atoms with Crippen molar-refractivity contribution in [2.24, 2.45) is 5.92 Å². The molecule has 2 rings (SSSR count). The molecule has 1 aromatic carbocycles. The lowest BCUT2D eigenvalue weighted by Gasteiger charge is -2.31. The van der Waals surface area contributed by atoms with Crippen LogP contribution < -0.4 is 10.1 Å². The highest BCUT2D eigenvalue weighted by Crippen LogP contribution is 2.20. The van der Waals surface area contributed by atoms with Crippen molar-refractivity contribution in [2.45, 2.75) is 39.3 Å². The number of benzene rings is 1. The molecule has 4 heteroatoms. The summed E-state index contributed by atoms with van der Waals surface area (Å²) < 4.78 is 5.17. The molecule has 1 amide bonds. The Kier molecular flexibility index (Phi) is 5.62. The minimum Gasteiger partial charge on any atom is -0.497 e. The molecule has 0 saturated carbocycles. The fourth-order valence-corrected chi connectivity index (χ4v) is 2.91. The van der Waals surface area contributed by atoms with E-state index in [1.54, 1.807) is 7.11 Å². The molecule has 1 aromatic rings. The Morgan fingerprint density at radius 2 is 2.10 bits per heavy atom. The average molecular weight is 290 g/mol. The predicted molar refractivity (Wildman–Crippen MR) is 84.3 cm³/mol. The summed E-state index contributed by atoms with van der Waals surface area (Å²) in [6.07, 6.45) is 1.89. The number of rotatable bonds is 5. The van der Waals surface area contributed by atoms with Gasteiger partial charge in [-0.25, -0.2) is 0 Å². The molecule has 4 nitrogen and oxygen atoms in total. The number of hydrogen-bond acceptors (Lipinski definition) is 3. The summed E-state index contributed by atoms with van der Waals surface area (Å²) in [5.41, 5.74) is 1.15. The van der Waals surface area contributed by atoms with Gasteiger partial charge in [-0.2, -0.15) is 0 Å². The maximum Gasteiger partial charge on any atom is 0.226 e. The Bertz CT molecular complexity index is 458. The summed E-state index contributed by atoms with van der Waals surface area (Å²) in [6.45, 7) is 6.57. The lowest BCUT2D eigenvalue weighted by Crippen LogP contribution is -2.43. The van der Waals surface area contributed by atoms with Gasteiger partial charge in [0.05, 0.1) is 7.11 Å². The van der Waals surface area contributed by atoms with E-state index < -0.39 is 0 Å². The summed E-state index contributed by atoms with van der Waals surface area (Å²) >= 11 is 0. The third-order valence-electron chi connectivity index (χ3n) is 4.20. The third-order valence-corrected chi connectivity index (χ3v) is 4.20. The van der Waals surface area contributed by atoms with Crippen LogP contribution in [0.4, 0.5) is 0 Å². The van der Waals surface area contributed by atoms with Crippen molar-refractivity contribution in [1.82, 2.24) is 10.2 Å². The Morgan fingerprint density at radius 1 is 1.38 bits per heavy atom. The molecular formula is C17H26N2O2. The zero-order valence-corrected chi connectivity index (χ0v) is 13.3. The van der Waals surface area contributed by atoms with Gasteiger partial charge in [0.25, 0.3) is 0 Å². The molecule has 0 aliphatic carbocycles. The number of methoxy groups -OCH3 is 1. The molecular weight excluding hydrogens is 264 g/mol. The van der Waals surface area contributed by atoms with Gasteiger partial charge in [0.2, 0.25) is 5.91 Å². The Hall–Kier alpha value is -1.55. The second-order valence-electron chi connectivity index (χ2n) is 5.78. The van der Waals surface area contributed by atoms with Gasteiger partial charge in [-0.1, -0.05) is 12.1 Å². The third kappa shape index (κ3) is 4.21. The normalized spacial score (nSPS) is 21.9. The summed E-state index contributed by atoms with van der Waals surface area (Å²) in [7, 11) is 1.66. The maximum absolute atomic E-state index is 12.7. The van der Waals surface area contributed by atoms with E-state index in [1.165, 1.54) is 0 Å². The molecule has 116 valence electrons. The number of piperidine rings is 1. The Balaban J connectivity index is 1.99. The first-order chi connectivity index (χ1) is 10.1. The van der Waals surface area contributed by atoms with Gasteiger partial charge in [-0.15, -0.1) is 0 Å². The van der Waals surface area contributed by atoms with E-state index in [2.05, 4.69) is 12.2 Å². The first-order valence-corrected chi connectivity index (χ1v) is 7.79. The minimum absolute atomic E-state index is 0.166. The molecule has 0 unspecified atom stereocenters. The fourth-order valence-electron chi connectivity index (χ4n) is 2.91. The monoisotopic (exact) mass is 290 g/mol. The number of hydrogen-bond donors (Lipinski definition) is 1. The first kappa shape index (κ1) is 15.8. The predicted octanol–water partition coefficient (Wildman–Crippen LogP) is 2.43. The first-order valence-electron chi connectivity index (χ1n) is 7.79. The quantitative estimate of drug-likeness (QED) is 0.905.